The van der Waals surface area contributed by atoms with E-state index in [2.05, 4.69) is 4.42 Å². The fourth-order valence-electron chi connectivity index (χ4n) is 1.84. The molecule has 1 fully saturated rings. The molecule has 1 unspecified atom stereocenters. The lowest BCUT2D eigenvalue weighted by Gasteiger charge is -2.19. The van der Waals surface area contributed by atoms with Crippen LogP contribution < -0.4 is 11.4 Å². The second-order valence-electron chi connectivity index (χ2n) is 4.28. The molecule has 3 N–H and O–H groups in total. The van der Waals surface area contributed by atoms with Crippen LogP contribution in [0, 0.1) is 0 Å². The van der Waals surface area contributed by atoms with Gasteiger partial charge >= 0.3 is 11.6 Å². The molecule has 1 saturated heterocycles. The van der Waals surface area contributed by atoms with Crippen LogP contribution in [0.4, 0.5) is 0 Å². The van der Waals surface area contributed by atoms with Gasteiger partial charge in [0.2, 0.25) is 0 Å². The smallest absolute Gasteiger partial charge is 0.335 e. The standard InChI is InChI=1S/C11H12N2O5/c12-11(10(16)17)3-4-13(6-11)9(15)7-1-2-8(14)18-5-7/h1-2,5H,3-4,6,12H2,(H,16,17). The minimum Gasteiger partial charge on any atom is -0.480 e. The summed E-state index contributed by atoms with van der Waals surface area (Å²) in [4.78, 5) is 35.0. The average molecular weight is 252 g/mol. The van der Waals surface area contributed by atoms with E-state index in [1.807, 2.05) is 0 Å². The van der Waals surface area contributed by atoms with Crippen molar-refractivity contribution < 1.29 is 19.1 Å². The van der Waals surface area contributed by atoms with E-state index in [0.717, 1.165) is 12.3 Å². The first-order chi connectivity index (χ1) is 8.42. The molecule has 18 heavy (non-hydrogen) atoms. The zero-order valence-corrected chi connectivity index (χ0v) is 9.46. The summed E-state index contributed by atoms with van der Waals surface area (Å²) in [5, 5.41) is 8.96. The van der Waals surface area contributed by atoms with Crippen molar-refractivity contribution in [3.8, 4) is 0 Å². The Morgan fingerprint density at radius 1 is 1.44 bits per heavy atom. The van der Waals surface area contributed by atoms with Crippen molar-refractivity contribution in [3.63, 3.8) is 0 Å². The first-order valence-electron chi connectivity index (χ1n) is 5.33. The van der Waals surface area contributed by atoms with Gasteiger partial charge < -0.3 is 20.2 Å². The number of nitrogens with two attached hydrogens (primary N) is 1. The largest absolute Gasteiger partial charge is 0.480 e. The van der Waals surface area contributed by atoms with Gasteiger partial charge in [-0.25, -0.2) is 4.79 Å². The van der Waals surface area contributed by atoms with Gasteiger partial charge in [0, 0.05) is 19.2 Å². The number of amides is 1. The molecule has 7 heteroatoms. The first-order valence-corrected chi connectivity index (χ1v) is 5.33. The van der Waals surface area contributed by atoms with E-state index in [4.69, 9.17) is 10.8 Å². The van der Waals surface area contributed by atoms with Crippen LogP contribution in [-0.2, 0) is 4.79 Å². The van der Waals surface area contributed by atoms with Crippen molar-refractivity contribution in [2.75, 3.05) is 13.1 Å². The van der Waals surface area contributed by atoms with Crippen molar-refractivity contribution in [1.29, 1.82) is 0 Å². The lowest BCUT2D eigenvalue weighted by molar-refractivity contribution is -0.142. The average Bonchev–Trinajstić information content (AvgIpc) is 2.73. The van der Waals surface area contributed by atoms with Crippen molar-refractivity contribution in [2.45, 2.75) is 12.0 Å². The van der Waals surface area contributed by atoms with Crippen LogP contribution in [0.3, 0.4) is 0 Å². The van der Waals surface area contributed by atoms with Crippen molar-refractivity contribution in [3.05, 3.63) is 34.4 Å². The fraction of sp³-hybridized carbons (Fsp3) is 0.364. The third-order valence-electron chi connectivity index (χ3n) is 2.96. The molecule has 0 aromatic carbocycles. The Bertz CT molecular complexity index is 532. The third kappa shape index (κ3) is 2.12. The SMILES string of the molecule is NC1(C(=O)O)CCN(C(=O)c2ccc(=O)oc2)C1. The van der Waals surface area contributed by atoms with E-state index in [-0.39, 0.29) is 25.1 Å². The van der Waals surface area contributed by atoms with Gasteiger partial charge in [0.1, 0.15) is 11.8 Å². The molecule has 2 heterocycles. The fourth-order valence-corrected chi connectivity index (χ4v) is 1.84. The summed E-state index contributed by atoms with van der Waals surface area (Å²) in [7, 11) is 0. The lowest BCUT2D eigenvalue weighted by atomic mass is 10.0. The summed E-state index contributed by atoms with van der Waals surface area (Å²) in [5.74, 6) is -1.52. The number of rotatable bonds is 2. The molecule has 0 aliphatic carbocycles. The van der Waals surface area contributed by atoms with Gasteiger partial charge in [0.15, 0.2) is 0 Å². The number of likely N-dealkylation sites (tertiary alicyclic amines) is 1. The Morgan fingerprint density at radius 3 is 2.67 bits per heavy atom. The van der Waals surface area contributed by atoms with E-state index in [1.165, 1.54) is 11.0 Å². The predicted molar refractivity (Wildman–Crippen MR) is 60.1 cm³/mol. The number of carboxylic acids is 1. The van der Waals surface area contributed by atoms with Crippen LogP contribution in [0.2, 0.25) is 0 Å². The zero-order valence-electron chi connectivity index (χ0n) is 9.46. The van der Waals surface area contributed by atoms with E-state index in [9.17, 15) is 14.4 Å². The van der Waals surface area contributed by atoms with E-state index in [0.29, 0.717) is 0 Å². The van der Waals surface area contributed by atoms with E-state index >= 15 is 0 Å². The minimum atomic E-state index is -1.40. The van der Waals surface area contributed by atoms with Crippen LogP contribution >= 0.6 is 0 Å². The Kier molecular flexibility index (Phi) is 2.92. The molecule has 0 spiro atoms. The van der Waals surface area contributed by atoms with Gasteiger partial charge in [-0.3, -0.25) is 9.59 Å². The van der Waals surface area contributed by atoms with Gasteiger partial charge in [0.25, 0.3) is 5.91 Å². The van der Waals surface area contributed by atoms with Crippen LogP contribution in [0.1, 0.15) is 16.8 Å². The van der Waals surface area contributed by atoms with Crippen molar-refractivity contribution >= 4 is 11.9 Å². The zero-order chi connectivity index (χ0) is 13.3. The molecule has 0 bridgehead atoms. The molecule has 1 amide bonds. The van der Waals surface area contributed by atoms with Gasteiger partial charge in [0.05, 0.1) is 5.56 Å². The van der Waals surface area contributed by atoms with E-state index < -0.39 is 23.0 Å². The maximum absolute atomic E-state index is 12.0. The minimum absolute atomic E-state index is 0.0553. The second kappa shape index (κ2) is 4.26. The highest BCUT2D eigenvalue weighted by Gasteiger charge is 2.43. The maximum atomic E-state index is 12.0. The summed E-state index contributed by atoms with van der Waals surface area (Å²) in [6, 6.07) is 2.47. The first kappa shape index (κ1) is 12.3. The molecule has 1 atom stereocenters. The summed E-state index contributed by atoms with van der Waals surface area (Å²) < 4.78 is 4.59. The highest BCUT2D eigenvalue weighted by molar-refractivity contribution is 5.95. The lowest BCUT2D eigenvalue weighted by Crippen LogP contribution is -2.50. The Labute approximate surface area is 102 Å². The number of carboxylic acid groups (broad SMARTS) is 1. The monoisotopic (exact) mass is 252 g/mol. The molecular formula is C11H12N2O5. The quantitative estimate of drug-likeness (QED) is 0.717. The number of hydrogen-bond acceptors (Lipinski definition) is 5. The van der Waals surface area contributed by atoms with Gasteiger partial charge in [-0.2, -0.15) is 0 Å². The van der Waals surface area contributed by atoms with Gasteiger partial charge in [-0.05, 0) is 12.5 Å². The van der Waals surface area contributed by atoms with Gasteiger partial charge in [-0.1, -0.05) is 0 Å². The number of carbonyl (C=O) groups is 2. The number of aliphatic carboxylic acids is 1. The molecule has 1 aliphatic heterocycles. The Balaban J connectivity index is 2.15. The molecule has 1 aliphatic rings. The molecule has 7 nitrogen and oxygen atoms in total. The highest BCUT2D eigenvalue weighted by Crippen LogP contribution is 2.20. The topological polar surface area (TPSA) is 114 Å². The molecule has 0 radical (unpaired) electrons. The second-order valence-corrected chi connectivity index (χ2v) is 4.28. The Hall–Kier alpha value is -2.15. The highest BCUT2D eigenvalue weighted by atomic mass is 16.4. The number of nitrogens with zero attached hydrogens (tertiary/aromatic N) is 1. The van der Waals surface area contributed by atoms with Crippen molar-refractivity contribution in [2.24, 2.45) is 5.73 Å². The van der Waals surface area contributed by atoms with Crippen LogP contribution in [-0.4, -0.2) is 40.5 Å². The molecule has 2 rings (SSSR count). The molecule has 1 aromatic heterocycles. The van der Waals surface area contributed by atoms with Crippen LogP contribution in [0.5, 0.6) is 0 Å². The van der Waals surface area contributed by atoms with E-state index in [1.54, 1.807) is 0 Å². The van der Waals surface area contributed by atoms with Gasteiger partial charge in [-0.15, -0.1) is 0 Å². The Morgan fingerprint density at radius 2 is 2.17 bits per heavy atom. The summed E-state index contributed by atoms with van der Waals surface area (Å²) in [6.07, 6.45) is 1.26. The number of carbonyl (C=O) groups excluding carboxylic acids is 1. The molecule has 1 aromatic rings. The maximum Gasteiger partial charge on any atom is 0.335 e. The molecule has 0 saturated carbocycles. The third-order valence-corrected chi connectivity index (χ3v) is 2.96. The van der Waals surface area contributed by atoms with Crippen molar-refractivity contribution in [1.82, 2.24) is 4.90 Å². The van der Waals surface area contributed by atoms with Crippen LogP contribution in [0.25, 0.3) is 0 Å². The summed E-state index contributed by atoms with van der Waals surface area (Å²) in [5.41, 5.74) is 3.92. The number of hydrogen-bond donors (Lipinski definition) is 2. The normalized spacial score (nSPS) is 23.1. The summed E-state index contributed by atoms with van der Waals surface area (Å²) >= 11 is 0. The molecular weight excluding hydrogens is 240 g/mol. The van der Waals surface area contributed by atoms with Crippen LogP contribution in [0.15, 0.2) is 27.6 Å². The molecule has 96 valence electrons. The summed E-state index contributed by atoms with van der Waals surface area (Å²) in [6.45, 7) is 0.209. The predicted octanol–water partition coefficient (Wildman–Crippen LogP) is -0.732.